The van der Waals surface area contributed by atoms with Crippen LogP contribution in [0.25, 0.3) is 11.1 Å². The van der Waals surface area contributed by atoms with Crippen LogP contribution in [0.3, 0.4) is 0 Å². The van der Waals surface area contributed by atoms with Gasteiger partial charge in [-0.15, -0.1) is 11.6 Å². The SMILES string of the molecule is CCCn1c(=O)oc2cc(C(Cl)C3CCCCO3)ccc21. The Hall–Kier alpha value is -1.26. The summed E-state index contributed by atoms with van der Waals surface area (Å²) in [6.45, 7) is 3.48. The molecule has 2 aromatic rings. The lowest BCUT2D eigenvalue weighted by Crippen LogP contribution is -2.23. The van der Waals surface area contributed by atoms with Crippen LogP contribution in [0.5, 0.6) is 0 Å². The third-order valence-electron chi connectivity index (χ3n) is 4.00. The van der Waals surface area contributed by atoms with Crippen LogP contribution in [0.1, 0.15) is 43.5 Å². The molecule has 1 aliphatic rings. The van der Waals surface area contributed by atoms with E-state index in [0.717, 1.165) is 43.4 Å². The van der Waals surface area contributed by atoms with E-state index >= 15 is 0 Å². The Morgan fingerprint density at radius 2 is 2.29 bits per heavy atom. The Morgan fingerprint density at radius 3 is 3.00 bits per heavy atom. The molecule has 1 aromatic carbocycles. The largest absolute Gasteiger partial charge is 0.419 e. The van der Waals surface area contributed by atoms with Crippen LogP contribution >= 0.6 is 11.6 Å². The zero-order valence-corrected chi connectivity index (χ0v) is 12.9. The quantitative estimate of drug-likeness (QED) is 0.806. The van der Waals surface area contributed by atoms with Crippen molar-refractivity contribution in [2.24, 2.45) is 0 Å². The van der Waals surface area contributed by atoms with Crippen molar-refractivity contribution in [1.29, 1.82) is 0 Å². The number of benzene rings is 1. The zero-order valence-electron chi connectivity index (χ0n) is 12.2. The minimum absolute atomic E-state index is 0.0438. The van der Waals surface area contributed by atoms with Crippen molar-refractivity contribution in [1.82, 2.24) is 4.57 Å². The molecule has 0 bridgehead atoms. The summed E-state index contributed by atoms with van der Waals surface area (Å²) in [7, 11) is 0. The Bertz CT molecular complexity index is 670. The fraction of sp³-hybridized carbons (Fsp3) is 0.562. The summed E-state index contributed by atoms with van der Waals surface area (Å²) in [6, 6.07) is 5.76. The molecule has 0 amide bonds. The van der Waals surface area contributed by atoms with Crippen molar-refractivity contribution >= 4 is 22.7 Å². The molecule has 0 spiro atoms. The van der Waals surface area contributed by atoms with Crippen LogP contribution < -0.4 is 5.76 Å². The number of fused-ring (bicyclic) bond motifs is 1. The maximum Gasteiger partial charge on any atom is 0.419 e. The predicted octanol–water partition coefficient (Wildman–Crippen LogP) is 3.85. The summed E-state index contributed by atoms with van der Waals surface area (Å²) in [5, 5.41) is -0.200. The van der Waals surface area contributed by atoms with Crippen LogP contribution in [0.4, 0.5) is 0 Å². The van der Waals surface area contributed by atoms with Gasteiger partial charge in [0.1, 0.15) is 0 Å². The van der Waals surface area contributed by atoms with Crippen molar-refractivity contribution in [3.63, 3.8) is 0 Å². The Morgan fingerprint density at radius 1 is 1.43 bits per heavy atom. The highest BCUT2D eigenvalue weighted by atomic mass is 35.5. The highest BCUT2D eigenvalue weighted by Crippen LogP contribution is 2.33. The molecule has 21 heavy (non-hydrogen) atoms. The molecule has 1 aromatic heterocycles. The average Bonchev–Trinajstić information content (AvgIpc) is 2.83. The first-order valence-corrected chi connectivity index (χ1v) is 8.03. The Labute approximate surface area is 128 Å². The molecule has 0 aliphatic carbocycles. The number of oxazole rings is 1. The topological polar surface area (TPSA) is 44.4 Å². The van der Waals surface area contributed by atoms with E-state index in [0.29, 0.717) is 12.1 Å². The number of hydrogen-bond acceptors (Lipinski definition) is 3. The van der Waals surface area contributed by atoms with E-state index in [-0.39, 0.29) is 17.2 Å². The zero-order chi connectivity index (χ0) is 14.8. The van der Waals surface area contributed by atoms with Gasteiger partial charge in [0.15, 0.2) is 5.58 Å². The van der Waals surface area contributed by atoms with Gasteiger partial charge in [0.2, 0.25) is 0 Å². The summed E-state index contributed by atoms with van der Waals surface area (Å²) in [5.74, 6) is -0.302. The number of nitrogens with zero attached hydrogens (tertiary/aromatic N) is 1. The molecule has 1 aliphatic heterocycles. The van der Waals surface area contributed by atoms with Gasteiger partial charge in [0.25, 0.3) is 0 Å². The molecule has 3 rings (SSSR count). The highest BCUT2D eigenvalue weighted by Gasteiger charge is 2.24. The van der Waals surface area contributed by atoms with Gasteiger partial charge in [-0.3, -0.25) is 4.57 Å². The van der Waals surface area contributed by atoms with Crippen LogP contribution in [0.2, 0.25) is 0 Å². The summed E-state index contributed by atoms with van der Waals surface area (Å²) in [5.41, 5.74) is 2.39. The van der Waals surface area contributed by atoms with Crippen molar-refractivity contribution in [2.45, 2.75) is 50.6 Å². The van der Waals surface area contributed by atoms with Gasteiger partial charge < -0.3 is 9.15 Å². The van der Waals surface area contributed by atoms with Gasteiger partial charge >= 0.3 is 5.76 Å². The number of alkyl halides is 1. The molecule has 5 heteroatoms. The van der Waals surface area contributed by atoms with E-state index in [2.05, 4.69) is 0 Å². The third-order valence-corrected chi connectivity index (χ3v) is 4.53. The monoisotopic (exact) mass is 309 g/mol. The van der Waals surface area contributed by atoms with E-state index in [1.54, 1.807) is 4.57 Å². The van der Waals surface area contributed by atoms with Crippen molar-refractivity contribution in [2.75, 3.05) is 6.61 Å². The first-order chi connectivity index (χ1) is 10.2. The lowest BCUT2D eigenvalue weighted by atomic mass is 10.0. The molecular formula is C16H20ClNO3. The first kappa shape index (κ1) is 14.7. The van der Waals surface area contributed by atoms with Crippen LogP contribution in [0, 0.1) is 0 Å². The summed E-state index contributed by atoms with van der Waals surface area (Å²) < 4.78 is 12.7. The Kier molecular flexibility index (Phi) is 4.36. The minimum Gasteiger partial charge on any atom is -0.408 e. The molecule has 0 N–H and O–H groups in total. The van der Waals surface area contributed by atoms with Crippen LogP contribution in [0.15, 0.2) is 27.4 Å². The maximum absolute atomic E-state index is 11.9. The second kappa shape index (κ2) is 6.24. The molecule has 0 radical (unpaired) electrons. The standard InChI is InChI=1S/C16H20ClNO3/c1-2-8-18-12-7-6-11(10-14(12)21-16(18)19)15(17)13-5-3-4-9-20-13/h6-7,10,13,15H,2-5,8-9H2,1H3. The summed E-state index contributed by atoms with van der Waals surface area (Å²) >= 11 is 6.54. The number of ether oxygens (including phenoxy) is 1. The van der Waals surface area contributed by atoms with Gasteiger partial charge in [0, 0.05) is 13.2 Å². The van der Waals surface area contributed by atoms with Crippen LogP contribution in [-0.2, 0) is 11.3 Å². The number of aryl methyl sites for hydroxylation is 1. The lowest BCUT2D eigenvalue weighted by Gasteiger charge is -2.26. The fourth-order valence-electron chi connectivity index (χ4n) is 2.90. The minimum atomic E-state index is -0.302. The van der Waals surface area contributed by atoms with Crippen LogP contribution in [-0.4, -0.2) is 17.3 Å². The third kappa shape index (κ3) is 2.87. The van der Waals surface area contributed by atoms with E-state index in [9.17, 15) is 4.79 Å². The normalized spacial score (nSPS) is 20.8. The van der Waals surface area contributed by atoms with E-state index in [1.807, 2.05) is 25.1 Å². The van der Waals surface area contributed by atoms with Crippen molar-refractivity contribution < 1.29 is 9.15 Å². The second-order valence-corrected chi connectivity index (χ2v) is 6.02. The molecular weight excluding hydrogens is 290 g/mol. The number of rotatable bonds is 4. The van der Waals surface area contributed by atoms with Crippen molar-refractivity contribution in [3.05, 3.63) is 34.3 Å². The molecule has 2 heterocycles. The number of halogens is 1. The van der Waals surface area contributed by atoms with E-state index in [4.69, 9.17) is 20.8 Å². The van der Waals surface area contributed by atoms with Gasteiger partial charge in [-0.1, -0.05) is 13.0 Å². The summed E-state index contributed by atoms with van der Waals surface area (Å²) in [6.07, 6.45) is 4.17. The molecule has 114 valence electrons. The predicted molar refractivity (Wildman–Crippen MR) is 83.0 cm³/mol. The van der Waals surface area contributed by atoms with E-state index < -0.39 is 0 Å². The molecule has 0 saturated carbocycles. The van der Waals surface area contributed by atoms with E-state index in [1.165, 1.54) is 0 Å². The molecule has 1 fully saturated rings. The average molecular weight is 310 g/mol. The van der Waals surface area contributed by atoms with Crippen molar-refractivity contribution in [3.8, 4) is 0 Å². The number of aromatic nitrogens is 1. The fourth-order valence-corrected chi connectivity index (χ4v) is 3.24. The van der Waals surface area contributed by atoms with Gasteiger partial charge in [0.05, 0.1) is 17.0 Å². The molecule has 1 saturated heterocycles. The van der Waals surface area contributed by atoms with Gasteiger partial charge in [-0.25, -0.2) is 4.79 Å². The molecule has 4 nitrogen and oxygen atoms in total. The number of hydrogen-bond donors (Lipinski definition) is 0. The summed E-state index contributed by atoms with van der Waals surface area (Å²) in [4.78, 5) is 11.9. The van der Waals surface area contributed by atoms with Gasteiger partial charge in [-0.2, -0.15) is 0 Å². The lowest BCUT2D eigenvalue weighted by molar-refractivity contribution is 0.0136. The molecule has 2 unspecified atom stereocenters. The smallest absolute Gasteiger partial charge is 0.408 e. The molecule has 2 atom stereocenters. The first-order valence-electron chi connectivity index (χ1n) is 7.59. The second-order valence-electron chi connectivity index (χ2n) is 5.55. The van der Waals surface area contributed by atoms with Gasteiger partial charge in [-0.05, 0) is 43.4 Å². The Balaban J connectivity index is 1.92. The highest BCUT2D eigenvalue weighted by molar-refractivity contribution is 6.21. The maximum atomic E-state index is 11.9.